The fourth-order valence-corrected chi connectivity index (χ4v) is 2.69. The third-order valence-electron chi connectivity index (χ3n) is 3.50. The Kier molecular flexibility index (Phi) is 6.63. The molecule has 0 aliphatic rings. The highest BCUT2D eigenvalue weighted by Crippen LogP contribution is 2.39. The number of hydrogen-bond donors (Lipinski definition) is 1. The molecule has 27 heavy (non-hydrogen) atoms. The Balaban J connectivity index is 2.53. The monoisotopic (exact) mass is 413 g/mol. The third-order valence-corrected chi connectivity index (χ3v) is 4.68. The van der Waals surface area contributed by atoms with Gasteiger partial charge >= 0.3 is 6.18 Å². The maximum Gasteiger partial charge on any atom is 0.416 e. The van der Waals surface area contributed by atoms with Crippen molar-refractivity contribution >= 4 is 34.2 Å². The summed E-state index contributed by atoms with van der Waals surface area (Å²) < 4.78 is 45.0. The summed E-state index contributed by atoms with van der Waals surface area (Å²) in [5.74, 6) is 0.542. The lowest BCUT2D eigenvalue weighted by molar-refractivity contribution is -0.137. The summed E-state index contributed by atoms with van der Waals surface area (Å²) in [7, 11) is 0. The Bertz CT molecular complexity index is 900. The van der Waals surface area contributed by atoms with Gasteiger partial charge in [0.05, 0.1) is 5.56 Å². The standard InChI is InChI=1S/C18H15ClF3N3OS/c1-10-6-13(7-11(2)16(10)19)26-15-5-4-12(18(20,21)22)8-14(15)25-17(27-3)24-9-23/h4-8H,1-3H3,(H,24,25). The van der Waals surface area contributed by atoms with E-state index >= 15 is 0 Å². The van der Waals surface area contributed by atoms with Gasteiger partial charge in [0.15, 0.2) is 17.1 Å². The SMILES string of the molecule is CSC(=Nc1cc(C(F)(F)F)ccc1Oc1cc(C)c(Cl)c(C)c1)NC#N. The van der Waals surface area contributed by atoms with Crippen LogP contribution in [0.3, 0.4) is 0 Å². The lowest BCUT2D eigenvalue weighted by atomic mass is 10.1. The van der Waals surface area contributed by atoms with Crippen molar-refractivity contribution in [3.63, 3.8) is 0 Å². The largest absolute Gasteiger partial charge is 0.455 e. The predicted molar refractivity (Wildman–Crippen MR) is 102 cm³/mol. The summed E-state index contributed by atoms with van der Waals surface area (Å²) in [6.45, 7) is 3.60. The molecule has 2 aromatic rings. The maximum absolute atomic E-state index is 13.1. The van der Waals surface area contributed by atoms with Crippen molar-refractivity contribution in [3.05, 3.63) is 52.0 Å². The van der Waals surface area contributed by atoms with E-state index in [0.717, 1.165) is 35.0 Å². The molecule has 2 aromatic carbocycles. The molecule has 0 heterocycles. The number of rotatable bonds is 3. The van der Waals surface area contributed by atoms with E-state index in [2.05, 4.69) is 10.3 Å². The van der Waals surface area contributed by atoms with E-state index in [9.17, 15) is 13.2 Å². The van der Waals surface area contributed by atoms with Gasteiger partial charge in [-0.25, -0.2) is 4.99 Å². The first-order valence-corrected chi connectivity index (χ1v) is 9.19. The second-order valence-electron chi connectivity index (χ2n) is 5.51. The van der Waals surface area contributed by atoms with E-state index in [1.807, 2.05) is 0 Å². The highest BCUT2D eigenvalue weighted by molar-refractivity contribution is 8.13. The van der Waals surface area contributed by atoms with Crippen LogP contribution in [0.4, 0.5) is 18.9 Å². The molecular weight excluding hydrogens is 399 g/mol. The number of aryl methyl sites for hydroxylation is 2. The molecule has 0 saturated carbocycles. The zero-order valence-corrected chi connectivity index (χ0v) is 16.2. The highest BCUT2D eigenvalue weighted by atomic mass is 35.5. The maximum atomic E-state index is 13.1. The molecule has 0 saturated heterocycles. The van der Waals surface area contributed by atoms with Crippen LogP contribution in [0.1, 0.15) is 16.7 Å². The second kappa shape index (κ2) is 8.55. The zero-order valence-electron chi connectivity index (χ0n) is 14.6. The van der Waals surface area contributed by atoms with Crippen LogP contribution in [-0.4, -0.2) is 11.4 Å². The molecular formula is C18H15ClF3N3OS. The van der Waals surface area contributed by atoms with Crippen LogP contribution in [0.25, 0.3) is 0 Å². The van der Waals surface area contributed by atoms with Gasteiger partial charge in [0, 0.05) is 5.02 Å². The number of aliphatic imine (C=N–C) groups is 1. The molecule has 0 bridgehead atoms. The number of nitrogens with one attached hydrogen (secondary N) is 1. The van der Waals surface area contributed by atoms with Gasteiger partial charge in [0.1, 0.15) is 11.4 Å². The average molecular weight is 414 g/mol. The van der Waals surface area contributed by atoms with Crippen LogP contribution in [0.15, 0.2) is 35.3 Å². The van der Waals surface area contributed by atoms with Gasteiger partial charge in [0.2, 0.25) is 0 Å². The van der Waals surface area contributed by atoms with Gasteiger partial charge in [0.25, 0.3) is 0 Å². The molecule has 0 spiro atoms. The van der Waals surface area contributed by atoms with E-state index in [1.54, 1.807) is 38.4 Å². The Morgan fingerprint density at radius 1 is 1.22 bits per heavy atom. The van der Waals surface area contributed by atoms with Gasteiger partial charge < -0.3 is 4.74 Å². The first-order valence-electron chi connectivity index (χ1n) is 7.59. The van der Waals surface area contributed by atoms with Crippen molar-refractivity contribution in [2.75, 3.05) is 6.26 Å². The fraction of sp³-hybridized carbons (Fsp3) is 0.222. The molecule has 2 rings (SSSR count). The second-order valence-corrected chi connectivity index (χ2v) is 6.68. The lowest BCUT2D eigenvalue weighted by Gasteiger charge is -2.14. The number of nitriles is 1. The molecule has 0 amide bonds. The molecule has 9 heteroatoms. The molecule has 0 radical (unpaired) electrons. The minimum Gasteiger partial charge on any atom is -0.455 e. The zero-order chi connectivity index (χ0) is 20.2. The molecule has 1 N–H and O–H groups in total. The fourth-order valence-electron chi connectivity index (χ4n) is 2.24. The van der Waals surface area contributed by atoms with Crippen LogP contribution in [0, 0.1) is 25.3 Å². The van der Waals surface area contributed by atoms with E-state index in [0.29, 0.717) is 10.8 Å². The number of hydrogen-bond acceptors (Lipinski definition) is 4. The Morgan fingerprint density at radius 2 is 1.85 bits per heavy atom. The van der Waals surface area contributed by atoms with Crippen LogP contribution < -0.4 is 10.1 Å². The molecule has 0 unspecified atom stereocenters. The quantitative estimate of drug-likeness (QED) is 0.282. The smallest absolute Gasteiger partial charge is 0.416 e. The molecule has 0 aliphatic heterocycles. The molecule has 0 aromatic heterocycles. The van der Waals surface area contributed by atoms with Crippen molar-refractivity contribution in [1.82, 2.24) is 5.32 Å². The summed E-state index contributed by atoms with van der Waals surface area (Å²) >= 11 is 7.22. The molecule has 142 valence electrons. The van der Waals surface area contributed by atoms with Gasteiger partial charge in [-0.2, -0.15) is 18.4 Å². The van der Waals surface area contributed by atoms with Crippen LogP contribution in [0.5, 0.6) is 11.5 Å². The summed E-state index contributed by atoms with van der Waals surface area (Å²) in [4.78, 5) is 4.09. The highest BCUT2D eigenvalue weighted by Gasteiger charge is 2.31. The van der Waals surface area contributed by atoms with E-state index in [4.69, 9.17) is 21.6 Å². The summed E-state index contributed by atoms with van der Waals surface area (Å²) in [5.41, 5.74) is 0.635. The van der Waals surface area contributed by atoms with Crippen molar-refractivity contribution in [2.24, 2.45) is 4.99 Å². The van der Waals surface area contributed by atoms with Crippen molar-refractivity contribution in [1.29, 1.82) is 5.26 Å². The molecule has 0 atom stereocenters. The number of nitrogens with zero attached hydrogens (tertiary/aromatic N) is 2. The Labute approximate surface area is 164 Å². The van der Waals surface area contributed by atoms with Gasteiger partial charge in [-0.3, -0.25) is 5.32 Å². The van der Waals surface area contributed by atoms with Crippen molar-refractivity contribution in [3.8, 4) is 17.7 Å². The van der Waals surface area contributed by atoms with Gasteiger partial charge in [-0.1, -0.05) is 23.4 Å². The van der Waals surface area contributed by atoms with Gasteiger partial charge in [-0.15, -0.1) is 0 Å². The first-order chi connectivity index (χ1) is 12.7. The van der Waals surface area contributed by atoms with Crippen LogP contribution in [0.2, 0.25) is 5.02 Å². The number of thioether (sulfide) groups is 1. The van der Waals surface area contributed by atoms with E-state index < -0.39 is 11.7 Å². The van der Waals surface area contributed by atoms with E-state index in [1.165, 1.54) is 6.07 Å². The minimum atomic E-state index is -4.53. The van der Waals surface area contributed by atoms with Gasteiger partial charge in [-0.05, 0) is 61.6 Å². The van der Waals surface area contributed by atoms with Crippen molar-refractivity contribution in [2.45, 2.75) is 20.0 Å². The van der Waals surface area contributed by atoms with Crippen LogP contribution in [-0.2, 0) is 6.18 Å². The van der Waals surface area contributed by atoms with Crippen LogP contribution >= 0.6 is 23.4 Å². The molecule has 0 fully saturated rings. The predicted octanol–water partition coefficient (Wildman–Crippen LogP) is 6.19. The average Bonchev–Trinajstić information content (AvgIpc) is 2.59. The Morgan fingerprint density at radius 3 is 2.37 bits per heavy atom. The third kappa shape index (κ3) is 5.31. The number of ether oxygens (including phenoxy) is 1. The molecule has 0 aliphatic carbocycles. The summed E-state index contributed by atoms with van der Waals surface area (Å²) in [5, 5.41) is 11.8. The molecule has 4 nitrogen and oxygen atoms in total. The number of benzene rings is 2. The minimum absolute atomic E-state index is 0.0535. The Hall–Kier alpha value is -2.37. The lowest BCUT2D eigenvalue weighted by Crippen LogP contribution is -2.12. The van der Waals surface area contributed by atoms with Crippen molar-refractivity contribution < 1.29 is 17.9 Å². The number of alkyl halides is 3. The van der Waals surface area contributed by atoms with E-state index in [-0.39, 0.29) is 16.6 Å². The first kappa shape index (κ1) is 20.9. The summed E-state index contributed by atoms with van der Waals surface area (Å²) in [6, 6.07) is 6.36. The topological polar surface area (TPSA) is 57.4 Å². The normalized spacial score (nSPS) is 11.9. The summed E-state index contributed by atoms with van der Waals surface area (Å²) in [6.07, 6.45) is -1.19. The number of halogens is 4. The number of amidine groups is 1.